The lowest BCUT2D eigenvalue weighted by Gasteiger charge is -2.53. The van der Waals surface area contributed by atoms with E-state index in [4.69, 9.17) is 4.74 Å². The second kappa shape index (κ2) is 3.22. The smallest absolute Gasteiger partial charge is 0.138 e. The zero-order valence-electron chi connectivity index (χ0n) is 10.7. The summed E-state index contributed by atoms with van der Waals surface area (Å²) in [5, 5.41) is 14.0. The molecule has 2 bridgehead atoms. The van der Waals surface area contributed by atoms with Gasteiger partial charge in [-0.2, -0.15) is 0 Å². The molecule has 2 aliphatic heterocycles. The molecule has 5 atom stereocenters. The molecule has 5 rings (SSSR count). The van der Waals surface area contributed by atoms with Gasteiger partial charge in [0.15, 0.2) is 0 Å². The molecule has 0 aromatic heterocycles. The Labute approximate surface area is 112 Å². The van der Waals surface area contributed by atoms with E-state index in [-0.39, 0.29) is 11.5 Å². The Kier molecular flexibility index (Phi) is 1.77. The van der Waals surface area contributed by atoms with Crippen molar-refractivity contribution in [1.82, 2.24) is 5.32 Å². The normalized spacial score (nSPS) is 44.7. The first-order valence-electron chi connectivity index (χ1n) is 7.19. The molecule has 19 heavy (non-hydrogen) atoms. The van der Waals surface area contributed by atoms with Crippen LogP contribution < -0.4 is 10.1 Å². The van der Waals surface area contributed by atoms with Gasteiger partial charge in [0.1, 0.15) is 18.0 Å². The topological polar surface area (TPSA) is 41.5 Å². The number of ether oxygens (including phenoxy) is 1. The fourth-order valence-corrected chi connectivity index (χ4v) is 4.95. The number of aliphatic hydroxyl groups is 1. The standard InChI is InChI=1S/C16H17NO2/c18-12-5-4-10-11-8-9-2-1-3-13-14(9)16(10,6-7-17-11)15(12)19-13/h1-5,10-12,15,17-18H,6-8H2/t10?,11?,12-,15-,16?/m0/s1. The first kappa shape index (κ1) is 10.5. The number of piperidine rings is 1. The fourth-order valence-electron chi connectivity index (χ4n) is 4.95. The minimum atomic E-state index is -0.478. The lowest BCUT2D eigenvalue weighted by Crippen LogP contribution is -2.64. The van der Waals surface area contributed by atoms with Crippen molar-refractivity contribution in [3.8, 4) is 5.75 Å². The molecule has 1 spiro atoms. The summed E-state index contributed by atoms with van der Waals surface area (Å²) in [6, 6.07) is 6.87. The molecular weight excluding hydrogens is 238 g/mol. The van der Waals surface area contributed by atoms with Crippen LogP contribution in [0.25, 0.3) is 0 Å². The first-order valence-corrected chi connectivity index (χ1v) is 7.19. The number of aliphatic hydroxyl groups excluding tert-OH is 1. The zero-order chi connectivity index (χ0) is 12.6. The molecule has 1 saturated heterocycles. The summed E-state index contributed by atoms with van der Waals surface area (Å²) in [6.07, 6.45) is 5.73. The quantitative estimate of drug-likeness (QED) is 0.683. The molecule has 98 valence electrons. The van der Waals surface area contributed by atoms with Gasteiger partial charge in [0.05, 0.1) is 0 Å². The van der Waals surface area contributed by atoms with Gasteiger partial charge in [-0.3, -0.25) is 0 Å². The molecule has 4 aliphatic rings. The van der Waals surface area contributed by atoms with Crippen LogP contribution in [0.4, 0.5) is 0 Å². The van der Waals surface area contributed by atoms with Crippen molar-refractivity contribution in [1.29, 1.82) is 0 Å². The van der Waals surface area contributed by atoms with Gasteiger partial charge in [0.25, 0.3) is 0 Å². The van der Waals surface area contributed by atoms with Crippen LogP contribution in [0.3, 0.4) is 0 Å². The highest BCUT2D eigenvalue weighted by atomic mass is 16.5. The predicted molar refractivity (Wildman–Crippen MR) is 71.3 cm³/mol. The van der Waals surface area contributed by atoms with Gasteiger partial charge >= 0.3 is 0 Å². The maximum Gasteiger partial charge on any atom is 0.138 e. The third kappa shape index (κ3) is 1.04. The Morgan fingerprint density at radius 1 is 1.32 bits per heavy atom. The van der Waals surface area contributed by atoms with Crippen LogP contribution in [-0.4, -0.2) is 29.9 Å². The van der Waals surface area contributed by atoms with Crippen molar-refractivity contribution in [2.45, 2.75) is 36.5 Å². The van der Waals surface area contributed by atoms with E-state index >= 15 is 0 Å². The average molecular weight is 255 g/mol. The Hall–Kier alpha value is -1.32. The highest BCUT2D eigenvalue weighted by Gasteiger charge is 2.62. The molecule has 3 nitrogen and oxygen atoms in total. The molecule has 2 heterocycles. The molecular formula is C16H17NO2. The predicted octanol–water partition coefficient (Wildman–Crippen LogP) is 1.15. The molecule has 0 saturated carbocycles. The summed E-state index contributed by atoms with van der Waals surface area (Å²) < 4.78 is 6.16. The van der Waals surface area contributed by atoms with E-state index < -0.39 is 6.10 Å². The van der Waals surface area contributed by atoms with Crippen LogP contribution in [0.5, 0.6) is 5.75 Å². The van der Waals surface area contributed by atoms with E-state index in [1.54, 1.807) is 0 Å². The number of hydrogen-bond acceptors (Lipinski definition) is 3. The molecule has 0 radical (unpaired) electrons. The van der Waals surface area contributed by atoms with E-state index in [2.05, 4.69) is 29.6 Å². The Morgan fingerprint density at radius 3 is 3.21 bits per heavy atom. The van der Waals surface area contributed by atoms with Crippen molar-refractivity contribution in [3.63, 3.8) is 0 Å². The zero-order valence-corrected chi connectivity index (χ0v) is 10.7. The number of hydrogen-bond donors (Lipinski definition) is 2. The van der Waals surface area contributed by atoms with Crippen molar-refractivity contribution < 1.29 is 9.84 Å². The van der Waals surface area contributed by atoms with Crippen LogP contribution in [-0.2, 0) is 11.8 Å². The highest BCUT2D eigenvalue weighted by molar-refractivity contribution is 5.56. The number of benzene rings is 1. The summed E-state index contributed by atoms with van der Waals surface area (Å²) in [5.41, 5.74) is 2.82. The summed E-state index contributed by atoms with van der Waals surface area (Å²) in [5.74, 6) is 1.47. The van der Waals surface area contributed by atoms with Crippen molar-refractivity contribution in [2.75, 3.05) is 6.54 Å². The van der Waals surface area contributed by atoms with E-state index in [9.17, 15) is 5.11 Å². The van der Waals surface area contributed by atoms with Crippen molar-refractivity contribution in [2.24, 2.45) is 5.92 Å². The van der Waals surface area contributed by atoms with Gasteiger partial charge in [-0.1, -0.05) is 24.3 Å². The van der Waals surface area contributed by atoms with Crippen molar-refractivity contribution in [3.05, 3.63) is 41.5 Å². The lowest BCUT2D eigenvalue weighted by atomic mass is 9.54. The van der Waals surface area contributed by atoms with E-state index in [0.29, 0.717) is 12.0 Å². The number of nitrogens with one attached hydrogen (secondary N) is 1. The SMILES string of the molecule is O[C@H]1C=CC2C3Cc4cccc5c4C2(CCN3)[C@H]1O5. The summed E-state index contributed by atoms with van der Waals surface area (Å²) in [4.78, 5) is 0. The Balaban J connectivity index is 1.85. The number of rotatable bonds is 0. The third-order valence-electron chi connectivity index (χ3n) is 5.58. The maximum atomic E-state index is 10.4. The summed E-state index contributed by atoms with van der Waals surface area (Å²) >= 11 is 0. The second-order valence-electron chi connectivity index (χ2n) is 6.29. The molecule has 1 fully saturated rings. The van der Waals surface area contributed by atoms with Gasteiger partial charge in [0, 0.05) is 22.9 Å². The molecule has 2 aliphatic carbocycles. The van der Waals surface area contributed by atoms with Crippen LogP contribution in [0.2, 0.25) is 0 Å². The van der Waals surface area contributed by atoms with Gasteiger partial charge < -0.3 is 15.2 Å². The maximum absolute atomic E-state index is 10.4. The Morgan fingerprint density at radius 2 is 2.26 bits per heavy atom. The molecule has 1 aromatic rings. The van der Waals surface area contributed by atoms with Gasteiger partial charge in [0.2, 0.25) is 0 Å². The van der Waals surface area contributed by atoms with Gasteiger partial charge in [-0.15, -0.1) is 0 Å². The molecule has 3 unspecified atom stereocenters. The summed E-state index contributed by atoms with van der Waals surface area (Å²) in [7, 11) is 0. The molecule has 0 amide bonds. The Bertz CT molecular complexity index is 596. The third-order valence-corrected chi connectivity index (χ3v) is 5.58. The van der Waals surface area contributed by atoms with Crippen LogP contribution in [0.15, 0.2) is 30.4 Å². The lowest BCUT2D eigenvalue weighted by molar-refractivity contribution is -0.0172. The largest absolute Gasteiger partial charge is 0.486 e. The second-order valence-corrected chi connectivity index (χ2v) is 6.29. The highest BCUT2D eigenvalue weighted by Crippen LogP contribution is 2.59. The first-order chi connectivity index (χ1) is 9.30. The minimum absolute atomic E-state index is 0.00819. The summed E-state index contributed by atoms with van der Waals surface area (Å²) in [6.45, 7) is 1.02. The monoisotopic (exact) mass is 255 g/mol. The molecule has 2 N–H and O–H groups in total. The van der Waals surface area contributed by atoms with E-state index in [1.807, 2.05) is 6.08 Å². The van der Waals surface area contributed by atoms with E-state index in [1.165, 1.54) is 11.1 Å². The van der Waals surface area contributed by atoms with E-state index in [0.717, 1.165) is 25.1 Å². The van der Waals surface area contributed by atoms with Gasteiger partial charge in [-0.05, 0) is 31.0 Å². The average Bonchev–Trinajstić information content (AvgIpc) is 2.74. The van der Waals surface area contributed by atoms with Crippen LogP contribution in [0, 0.1) is 5.92 Å². The minimum Gasteiger partial charge on any atom is -0.486 e. The van der Waals surface area contributed by atoms with Crippen molar-refractivity contribution >= 4 is 0 Å². The van der Waals surface area contributed by atoms with Crippen LogP contribution in [0.1, 0.15) is 17.5 Å². The fraction of sp³-hybridized carbons (Fsp3) is 0.500. The molecule has 1 aromatic carbocycles. The van der Waals surface area contributed by atoms with Crippen LogP contribution >= 0.6 is 0 Å². The molecule has 3 heteroatoms. The van der Waals surface area contributed by atoms with Gasteiger partial charge in [-0.25, -0.2) is 0 Å².